The number of nitrogens with zero attached hydrogens (tertiary/aromatic N) is 4. The van der Waals surface area contributed by atoms with Gasteiger partial charge in [-0.25, -0.2) is 14.6 Å². The Morgan fingerprint density at radius 2 is 2.29 bits per heavy atom. The number of aromatic nitrogens is 4. The minimum absolute atomic E-state index is 0.263. The van der Waals surface area contributed by atoms with Crippen LogP contribution in [0, 0.1) is 6.08 Å². The zero-order chi connectivity index (χ0) is 11.8. The minimum Gasteiger partial charge on any atom is -0.469 e. The molecule has 0 fully saturated rings. The number of hydrogen-bond donors (Lipinski definition) is 1. The molecular formula is C10H8FN5O. The summed E-state index contributed by atoms with van der Waals surface area (Å²) in [5, 5.41) is 0. The van der Waals surface area contributed by atoms with E-state index in [1.54, 1.807) is 18.4 Å². The Labute approximate surface area is 94.9 Å². The van der Waals surface area contributed by atoms with Gasteiger partial charge in [-0.3, -0.25) is 0 Å². The second-order valence-electron chi connectivity index (χ2n) is 3.52. The lowest BCUT2D eigenvalue weighted by atomic mass is 10.2. The maximum Gasteiger partial charge on any atom is 0.311 e. The Morgan fingerprint density at radius 1 is 1.41 bits per heavy atom. The van der Waals surface area contributed by atoms with Crippen LogP contribution in [-0.4, -0.2) is 19.6 Å². The first kappa shape index (κ1) is 9.76. The lowest BCUT2D eigenvalue weighted by molar-refractivity contribution is 0.510. The van der Waals surface area contributed by atoms with Gasteiger partial charge in [0.25, 0.3) is 0 Å². The van der Waals surface area contributed by atoms with Gasteiger partial charge in [-0.05, 0) is 12.1 Å². The summed E-state index contributed by atoms with van der Waals surface area (Å²) in [5.74, 6) is 6.24. The summed E-state index contributed by atoms with van der Waals surface area (Å²) in [5.41, 5.74) is 1.19. The fourth-order valence-electron chi connectivity index (χ4n) is 1.65. The van der Waals surface area contributed by atoms with Crippen LogP contribution in [0.15, 0.2) is 29.1 Å². The molecule has 0 spiro atoms. The third-order valence-corrected chi connectivity index (χ3v) is 2.39. The van der Waals surface area contributed by atoms with Crippen LogP contribution in [0.3, 0.4) is 0 Å². The highest BCUT2D eigenvalue weighted by atomic mass is 19.1. The van der Waals surface area contributed by atoms with E-state index in [1.165, 1.54) is 6.33 Å². The van der Waals surface area contributed by atoms with Crippen molar-refractivity contribution in [2.45, 2.75) is 6.42 Å². The number of imidazole rings is 1. The SMILES string of the molecule is Nn1cnc2c(Cc3ccco3)nc(F)nc21. The van der Waals surface area contributed by atoms with Crippen LogP contribution in [0.5, 0.6) is 0 Å². The monoisotopic (exact) mass is 233 g/mol. The Hall–Kier alpha value is -2.44. The predicted octanol–water partition coefficient (Wildman–Crippen LogP) is 0.863. The maximum absolute atomic E-state index is 13.2. The first-order chi connectivity index (χ1) is 8.24. The van der Waals surface area contributed by atoms with E-state index in [1.807, 2.05) is 0 Å². The van der Waals surface area contributed by atoms with Crippen LogP contribution in [0.2, 0.25) is 0 Å². The molecule has 0 aromatic carbocycles. The molecule has 7 heteroatoms. The molecule has 0 unspecified atom stereocenters. The van der Waals surface area contributed by atoms with Crippen LogP contribution in [0.4, 0.5) is 4.39 Å². The van der Waals surface area contributed by atoms with E-state index < -0.39 is 6.08 Å². The molecule has 0 aliphatic rings. The third-order valence-electron chi connectivity index (χ3n) is 2.39. The normalized spacial score (nSPS) is 11.1. The minimum atomic E-state index is -0.828. The lowest BCUT2D eigenvalue weighted by Gasteiger charge is -2.00. The van der Waals surface area contributed by atoms with Crippen molar-refractivity contribution in [2.75, 3.05) is 5.84 Å². The number of hydrogen-bond acceptors (Lipinski definition) is 5. The van der Waals surface area contributed by atoms with Crippen molar-refractivity contribution in [2.24, 2.45) is 0 Å². The van der Waals surface area contributed by atoms with Crippen molar-refractivity contribution in [3.63, 3.8) is 0 Å². The van der Waals surface area contributed by atoms with Crippen molar-refractivity contribution in [3.05, 3.63) is 42.3 Å². The summed E-state index contributed by atoms with van der Waals surface area (Å²) in [6.07, 6.45) is 2.43. The molecule has 3 aromatic rings. The summed E-state index contributed by atoms with van der Waals surface area (Å²) in [6, 6.07) is 3.54. The zero-order valence-electron chi connectivity index (χ0n) is 8.67. The largest absolute Gasteiger partial charge is 0.469 e. The van der Waals surface area contributed by atoms with Crippen molar-refractivity contribution < 1.29 is 8.81 Å². The highest BCUT2D eigenvalue weighted by Crippen LogP contribution is 2.16. The van der Waals surface area contributed by atoms with E-state index in [0.29, 0.717) is 23.4 Å². The second-order valence-corrected chi connectivity index (χ2v) is 3.52. The molecule has 3 aromatic heterocycles. The molecule has 0 atom stereocenters. The van der Waals surface area contributed by atoms with Crippen molar-refractivity contribution in [1.29, 1.82) is 0 Å². The van der Waals surface area contributed by atoms with Gasteiger partial charge in [-0.1, -0.05) is 0 Å². The van der Waals surface area contributed by atoms with E-state index in [2.05, 4.69) is 15.0 Å². The van der Waals surface area contributed by atoms with Gasteiger partial charge >= 0.3 is 6.08 Å². The van der Waals surface area contributed by atoms with E-state index in [9.17, 15) is 4.39 Å². The summed E-state index contributed by atoms with van der Waals surface area (Å²) in [6.45, 7) is 0. The first-order valence-electron chi connectivity index (χ1n) is 4.91. The van der Waals surface area contributed by atoms with Gasteiger partial charge in [0.2, 0.25) is 0 Å². The predicted molar refractivity (Wildman–Crippen MR) is 56.9 cm³/mol. The second kappa shape index (κ2) is 3.55. The van der Waals surface area contributed by atoms with E-state index >= 15 is 0 Å². The Balaban J connectivity index is 2.15. The molecular weight excluding hydrogens is 225 g/mol. The molecule has 0 amide bonds. The van der Waals surface area contributed by atoms with Crippen LogP contribution in [0.1, 0.15) is 11.5 Å². The fraction of sp³-hybridized carbons (Fsp3) is 0.100. The number of rotatable bonds is 2. The van der Waals surface area contributed by atoms with Crippen LogP contribution < -0.4 is 5.84 Å². The lowest BCUT2D eigenvalue weighted by Crippen LogP contribution is -2.08. The smallest absolute Gasteiger partial charge is 0.311 e. The molecule has 0 bridgehead atoms. The van der Waals surface area contributed by atoms with E-state index in [4.69, 9.17) is 10.3 Å². The summed E-state index contributed by atoms with van der Waals surface area (Å²) in [4.78, 5) is 11.4. The molecule has 0 saturated heterocycles. The Bertz CT molecular complexity index is 661. The van der Waals surface area contributed by atoms with Crippen LogP contribution in [0.25, 0.3) is 11.2 Å². The van der Waals surface area contributed by atoms with Gasteiger partial charge in [-0.15, -0.1) is 0 Å². The third kappa shape index (κ3) is 1.61. The maximum atomic E-state index is 13.2. The first-order valence-corrected chi connectivity index (χ1v) is 4.91. The number of halogens is 1. The van der Waals surface area contributed by atoms with Crippen molar-refractivity contribution in [1.82, 2.24) is 19.6 Å². The van der Waals surface area contributed by atoms with Gasteiger partial charge in [0.1, 0.15) is 17.6 Å². The summed E-state index contributed by atoms with van der Waals surface area (Å²) >= 11 is 0. The van der Waals surface area contributed by atoms with Gasteiger partial charge in [0.05, 0.1) is 18.4 Å². The molecule has 3 heterocycles. The van der Waals surface area contributed by atoms with Gasteiger partial charge in [-0.2, -0.15) is 9.37 Å². The molecule has 2 N–H and O–H groups in total. The summed E-state index contributed by atoms with van der Waals surface area (Å²) in [7, 11) is 0. The highest BCUT2D eigenvalue weighted by Gasteiger charge is 2.13. The molecule has 0 aliphatic heterocycles. The summed E-state index contributed by atoms with van der Waals surface area (Å²) < 4.78 is 19.6. The molecule has 0 saturated carbocycles. The molecule has 6 nitrogen and oxygen atoms in total. The van der Waals surface area contributed by atoms with Crippen molar-refractivity contribution in [3.8, 4) is 0 Å². The number of nitrogens with two attached hydrogens (primary N) is 1. The van der Waals surface area contributed by atoms with Crippen LogP contribution >= 0.6 is 0 Å². The quantitative estimate of drug-likeness (QED) is 0.524. The number of furan rings is 1. The molecule has 3 rings (SSSR count). The van der Waals surface area contributed by atoms with Crippen LogP contribution in [-0.2, 0) is 6.42 Å². The zero-order valence-corrected chi connectivity index (χ0v) is 8.67. The standard InChI is InChI=1S/C10H8FN5O/c11-10-14-7(4-6-2-1-3-17-6)8-9(15-10)16(12)5-13-8/h1-3,5H,4,12H2. The Kier molecular flexibility index (Phi) is 2.04. The average molecular weight is 233 g/mol. The fourth-order valence-corrected chi connectivity index (χ4v) is 1.65. The molecule has 0 radical (unpaired) electrons. The molecule has 86 valence electrons. The number of fused-ring (bicyclic) bond motifs is 1. The van der Waals surface area contributed by atoms with Gasteiger partial charge in [0.15, 0.2) is 5.65 Å². The molecule has 0 aliphatic carbocycles. The van der Waals surface area contributed by atoms with Crippen molar-refractivity contribution >= 4 is 11.2 Å². The van der Waals surface area contributed by atoms with Gasteiger partial charge < -0.3 is 10.3 Å². The number of nitrogen functional groups attached to an aromatic ring is 1. The molecule has 17 heavy (non-hydrogen) atoms. The van der Waals surface area contributed by atoms with Gasteiger partial charge in [0, 0.05) is 0 Å². The van der Waals surface area contributed by atoms with E-state index in [-0.39, 0.29) is 5.65 Å². The topological polar surface area (TPSA) is 82.8 Å². The average Bonchev–Trinajstić information content (AvgIpc) is 2.90. The Morgan fingerprint density at radius 3 is 3.06 bits per heavy atom. The highest BCUT2D eigenvalue weighted by molar-refractivity contribution is 5.73. The van der Waals surface area contributed by atoms with E-state index in [0.717, 1.165) is 4.68 Å².